The summed E-state index contributed by atoms with van der Waals surface area (Å²) in [6.07, 6.45) is 3.53. The second kappa shape index (κ2) is 7.71. The van der Waals surface area contributed by atoms with E-state index in [9.17, 15) is 0 Å². The summed E-state index contributed by atoms with van der Waals surface area (Å²) in [5.74, 6) is 3.92. The summed E-state index contributed by atoms with van der Waals surface area (Å²) >= 11 is 1.93. The van der Waals surface area contributed by atoms with Gasteiger partial charge in [0.25, 0.3) is 0 Å². The van der Waals surface area contributed by atoms with Gasteiger partial charge in [-0.3, -0.25) is 4.68 Å². The number of rotatable bonds is 8. The van der Waals surface area contributed by atoms with Crippen molar-refractivity contribution < 1.29 is 0 Å². The van der Waals surface area contributed by atoms with Gasteiger partial charge in [0, 0.05) is 24.8 Å². The van der Waals surface area contributed by atoms with E-state index in [2.05, 4.69) is 30.9 Å². The molecule has 1 aromatic rings. The fourth-order valence-electron chi connectivity index (χ4n) is 1.59. The first-order chi connectivity index (χ1) is 8.13. The van der Waals surface area contributed by atoms with Crippen LogP contribution in [0.15, 0.2) is 6.33 Å². The van der Waals surface area contributed by atoms with Crippen molar-refractivity contribution >= 4 is 11.8 Å². The molecule has 0 fully saturated rings. The van der Waals surface area contributed by atoms with E-state index in [0.29, 0.717) is 0 Å². The first-order valence-electron chi connectivity index (χ1n) is 6.33. The maximum atomic E-state index is 6.11. The number of hydrogen-bond donors (Lipinski definition) is 1. The van der Waals surface area contributed by atoms with Gasteiger partial charge in [-0.25, -0.2) is 4.98 Å². The Bertz CT molecular complexity index is 311. The van der Waals surface area contributed by atoms with Gasteiger partial charge < -0.3 is 5.73 Å². The fourth-order valence-corrected chi connectivity index (χ4v) is 2.62. The van der Waals surface area contributed by atoms with Crippen LogP contribution in [0.25, 0.3) is 0 Å². The predicted molar refractivity (Wildman–Crippen MR) is 74.2 cm³/mol. The van der Waals surface area contributed by atoms with Crippen LogP contribution in [0, 0.1) is 5.92 Å². The van der Waals surface area contributed by atoms with Crippen LogP contribution >= 0.6 is 11.8 Å². The average molecular weight is 256 g/mol. The Morgan fingerprint density at radius 2 is 2.18 bits per heavy atom. The Hall–Kier alpha value is -0.550. The van der Waals surface area contributed by atoms with Crippen molar-refractivity contribution in [1.29, 1.82) is 0 Å². The molecule has 0 bridgehead atoms. The highest BCUT2D eigenvalue weighted by atomic mass is 32.2. The number of aryl methyl sites for hydroxylation is 1. The Morgan fingerprint density at radius 1 is 1.41 bits per heavy atom. The molecule has 0 amide bonds. The van der Waals surface area contributed by atoms with Crippen molar-refractivity contribution in [1.82, 2.24) is 14.8 Å². The monoisotopic (exact) mass is 256 g/mol. The normalized spacial score (nSPS) is 13.2. The Morgan fingerprint density at radius 3 is 2.82 bits per heavy atom. The minimum atomic E-state index is 0.179. The SMILES string of the molecule is CCCn1ncnc1CC(N)CSCC(C)C. The van der Waals surface area contributed by atoms with Gasteiger partial charge in [0.2, 0.25) is 0 Å². The van der Waals surface area contributed by atoms with Crippen LogP contribution in [0.2, 0.25) is 0 Å². The molecular formula is C12H24N4S. The van der Waals surface area contributed by atoms with Gasteiger partial charge in [0.1, 0.15) is 12.2 Å². The Kier molecular flexibility index (Phi) is 6.58. The fraction of sp³-hybridized carbons (Fsp3) is 0.833. The second-order valence-corrected chi connectivity index (χ2v) is 5.87. The van der Waals surface area contributed by atoms with Crippen molar-refractivity contribution in [2.75, 3.05) is 11.5 Å². The largest absolute Gasteiger partial charge is 0.327 e. The third-order valence-electron chi connectivity index (χ3n) is 2.36. The van der Waals surface area contributed by atoms with Crippen molar-refractivity contribution in [2.24, 2.45) is 11.7 Å². The van der Waals surface area contributed by atoms with Crippen LogP contribution in [0.1, 0.15) is 33.0 Å². The number of nitrogens with two attached hydrogens (primary N) is 1. The van der Waals surface area contributed by atoms with Crippen molar-refractivity contribution in [2.45, 2.75) is 46.2 Å². The molecule has 0 saturated heterocycles. The molecule has 4 nitrogen and oxygen atoms in total. The molecule has 1 atom stereocenters. The number of hydrogen-bond acceptors (Lipinski definition) is 4. The molecule has 0 spiro atoms. The lowest BCUT2D eigenvalue weighted by Gasteiger charge is -2.12. The summed E-state index contributed by atoms with van der Waals surface area (Å²) in [7, 11) is 0. The van der Waals surface area contributed by atoms with E-state index in [1.54, 1.807) is 6.33 Å². The Labute approximate surface area is 108 Å². The van der Waals surface area contributed by atoms with Crippen LogP contribution in [0.5, 0.6) is 0 Å². The third kappa shape index (κ3) is 5.55. The van der Waals surface area contributed by atoms with Gasteiger partial charge in [-0.15, -0.1) is 0 Å². The quantitative estimate of drug-likeness (QED) is 0.772. The smallest absolute Gasteiger partial charge is 0.138 e. The highest BCUT2D eigenvalue weighted by Crippen LogP contribution is 2.10. The molecule has 1 rings (SSSR count). The summed E-state index contributed by atoms with van der Waals surface area (Å²) in [4.78, 5) is 4.28. The molecule has 1 unspecified atom stereocenters. The van der Waals surface area contributed by atoms with E-state index in [1.165, 1.54) is 5.75 Å². The van der Waals surface area contributed by atoms with E-state index in [0.717, 1.165) is 36.9 Å². The summed E-state index contributed by atoms with van der Waals surface area (Å²) in [5, 5.41) is 4.21. The molecule has 2 N–H and O–H groups in total. The minimum Gasteiger partial charge on any atom is -0.327 e. The second-order valence-electron chi connectivity index (χ2n) is 4.79. The van der Waals surface area contributed by atoms with Gasteiger partial charge in [0.15, 0.2) is 0 Å². The molecule has 1 aromatic heterocycles. The summed E-state index contributed by atoms with van der Waals surface area (Å²) in [6, 6.07) is 0.179. The molecule has 0 aliphatic heterocycles. The minimum absolute atomic E-state index is 0.179. The lowest BCUT2D eigenvalue weighted by Crippen LogP contribution is -2.27. The van der Waals surface area contributed by atoms with E-state index in [4.69, 9.17) is 5.73 Å². The average Bonchev–Trinajstić information content (AvgIpc) is 2.66. The molecule has 98 valence electrons. The van der Waals surface area contributed by atoms with E-state index in [1.807, 2.05) is 16.4 Å². The Balaban J connectivity index is 2.34. The molecule has 17 heavy (non-hydrogen) atoms. The van der Waals surface area contributed by atoms with Gasteiger partial charge in [-0.2, -0.15) is 16.9 Å². The summed E-state index contributed by atoms with van der Waals surface area (Å²) in [6.45, 7) is 7.54. The van der Waals surface area contributed by atoms with Crippen LogP contribution in [0.3, 0.4) is 0 Å². The zero-order valence-corrected chi connectivity index (χ0v) is 11.9. The lowest BCUT2D eigenvalue weighted by atomic mass is 10.2. The van der Waals surface area contributed by atoms with Crippen molar-refractivity contribution in [3.8, 4) is 0 Å². The van der Waals surface area contributed by atoms with E-state index in [-0.39, 0.29) is 6.04 Å². The standard InChI is InChI=1S/C12H24N4S/c1-4-5-16-12(14-9-15-16)6-11(13)8-17-7-10(2)3/h9-11H,4-8,13H2,1-3H3. The zero-order chi connectivity index (χ0) is 12.7. The van der Waals surface area contributed by atoms with Crippen LogP contribution < -0.4 is 5.73 Å². The zero-order valence-electron chi connectivity index (χ0n) is 11.1. The summed E-state index contributed by atoms with van der Waals surface area (Å²) in [5.41, 5.74) is 6.11. The lowest BCUT2D eigenvalue weighted by molar-refractivity contribution is 0.553. The van der Waals surface area contributed by atoms with Gasteiger partial charge >= 0.3 is 0 Å². The van der Waals surface area contributed by atoms with Crippen LogP contribution in [-0.2, 0) is 13.0 Å². The number of aromatic nitrogens is 3. The molecule has 5 heteroatoms. The highest BCUT2D eigenvalue weighted by Gasteiger charge is 2.10. The molecule has 0 aliphatic carbocycles. The van der Waals surface area contributed by atoms with E-state index >= 15 is 0 Å². The number of nitrogens with zero attached hydrogens (tertiary/aromatic N) is 3. The molecule has 1 heterocycles. The van der Waals surface area contributed by atoms with Crippen molar-refractivity contribution in [3.05, 3.63) is 12.2 Å². The predicted octanol–water partition coefficient (Wildman–Crippen LogP) is 1.95. The first kappa shape index (κ1) is 14.5. The topological polar surface area (TPSA) is 56.7 Å². The molecule has 0 aliphatic rings. The van der Waals surface area contributed by atoms with Gasteiger partial charge in [-0.1, -0.05) is 20.8 Å². The third-order valence-corrected chi connectivity index (χ3v) is 3.93. The maximum absolute atomic E-state index is 6.11. The molecular weight excluding hydrogens is 232 g/mol. The molecule has 0 radical (unpaired) electrons. The molecule has 0 saturated carbocycles. The van der Waals surface area contributed by atoms with Crippen LogP contribution in [0.4, 0.5) is 0 Å². The molecule has 0 aromatic carbocycles. The van der Waals surface area contributed by atoms with Gasteiger partial charge in [0.05, 0.1) is 0 Å². The first-order valence-corrected chi connectivity index (χ1v) is 7.49. The summed E-state index contributed by atoms with van der Waals surface area (Å²) < 4.78 is 1.97. The number of thioether (sulfide) groups is 1. The van der Waals surface area contributed by atoms with E-state index < -0.39 is 0 Å². The maximum Gasteiger partial charge on any atom is 0.138 e. The van der Waals surface area contributed by atoms with Crippen LogP contribution in [-0.4, -0.2) is 32.3 Å². The van der Waals surface area contributed by atoms with Crippen molar-refractivity contribution in [3.63, 3.8) is 0 Å². The highest BCUT2D eigenvalue weighted by molar-refractivity contribution is 7.99. The van der Waals surface area contributed by atoms with Gasteiger partial charge in [-0.05, 0) is 18.1 Å².